The number of nitrogens with zero attached hydrogens (tertiary/aromatic N) is 2. The van der Waals surface area contributed by atoms with Crippen LogP contribution in [0.3, 0.4) is 0 Å². The van der Waals surface area contributed by atoms with Crippen LogP contribution in [0, 0.1) is 0 Å². The van der Waals surface area contributed by atoms with Crippen molar-refractivity contribution in [1.29, 1.82) is 0 Å². The molecule has 0 aliphatic rings. The minimum atomic E-state index is 0.176. The molecule has 0 saturated heterocycles. The fraction of sp³-hybridized carbons (Fsp3) is 0.417. The Morgan fingerprint density at radius 1 is 1.41 bits per heavy atom. The molecule has 0 aliphatic heterocycles. The highest BCUT2D eigenvalue weighted by atomic mass is 35.5. The Balaban J connectivity index is 2.46. The molecule has 0 saturated carbocycles. The molecule has 0 spiro atoms. The average molecular weight is 254 g/mol. The zero-order chi connectivity index (χ0) is 12.3. The van der Waals surface area contributed by atoms with Crippen LogP contribution in [-0.4, -0.2) is 27.8 Å². The van der Waals surface area contributed by atoms with Crippen molar-refractivity contribution in [2.24, 2.45) is 5.73 Å². The van der Waals surface area contributed by atoms with Crippen LogP contribution in [-0.2, 0) is 13.0 Å². The van der Waals surface area contributed by atoms with E-state index in [1.165, 1.54) is 0 Å². The zero-order valence-electron chi connectivity index (χ0n) is 9.56. The first-order chi connectivity index (χ1) is 8.26. The molecule has 0 atom stereocenters. The molecule has 1 aromatic carbocycles. The van der Waals surface area contributed by atoms with Gasteiger partial charge >= 0.3 is 0 Å². The van der Waals surface area contributed by atoms with Crippen LogP contribution in [0.15, 0.2) is 18.2 Å². The molecule has 0 radical (unpaired) electrons. The number of nitrogens with two attached hydrogens (primary N) is 1. The van der Waals surface area contributed by atoms with Crippen LogP contribution in [0.1, 0.15) is 12.2 Å². The summed E-state index contributed by atoms with van der Waals surface area (Å²) in [6.07, 6.45) is 1.45. The summed E-state index contributed by atoms with van der Waals surface area (Å²) in [5.41, 5.74) is 7.52. The molecule has 4 nitrogen and oxygen atoms in total. The first kappa shape index (κ1) is 12.4. The van der Waals surface area contributed by atoms with Gasteiger partial charge in [0.05, 0.1) is 11.0 Å². The van der Waals surface area contributed by atoms with Gasteiger partial charge in [0.25, 0.3) is 0 Å². The van der Waals surface area contributed by atoms with E-state index in [-0.39, 0.29) is 6.61 Å². The summed E-state index contributed by atoms with van der Waals surface area (Å²) in [4.78, 5) is 4.53. The summed E-state index contributed by atoms with van der Waals surface area (Å²) in [5.74, 6) is 0.957. The monoisotopic (exact) mass is 253 g/mol. The second-order valence-corrected chi connectivity index (χ2v) is 4.36. The van der Waals surface area contributed by atoms with Gasteiger partial charge in [-0.15, -0.1) is 0 Å². The molecule has 2 aromatic rings. The second-order valence-electron chi connectivity index (χ2n) is 3.93. The summed E-state index contributed by atoms with van der Waals surface area (Å²) < 4.78 is 2.11. The lowest BCUT2D eigenvalue weighted by Gasteiger charge is -2.07. The van der Waals surface area contributed by atoms with E-state index in [0.29, 0.717) is 18.0 Å². The maximum Gasteiger partial charge on any atom is 0.111 e. The summed E-state index contributed by atoms with van der Waals surface area (Å²) in [5, 5.41) is 9.61. The molecule has 17 heavy (non-hydrogen) atoms. The first-order valence-corrected chi connectivity index (χ1v) is 6.09. The van der Waals surface area contributed by atoms with Gasteiger partial charge in [0.15, 0.2) is 0 Å². The van der Waals surface area contributed by atoms with Gasteiger partial charge < -0.3 is 15.4 Å². The number of fused-ring (bicyclic) bond motifs is 1. The Labute approximate surface area is 105 Å². The van der Waals surface area contributed by atoms with Crippen LogP contribution in [0.2, 0.25) is 5.02 Å². The minimum Gasteiger partial charge on any atom is -0.396 e. The molecule has 5 heteroatoms. The van der Waals surface area contributed by atoms with Gasteiger partial charge in [0, 0.05) is 24.6 Å². The number of aliphatic hydroxyl groups is 1. The van der Waals surface area contributed by atoms with Crippen LogP contribution >= 0.6 is 11.6 Å². The third-order valence-corrected chi connectivity index (χ3v) is 2.93. The van der Waals surface area contributed by atoms with Crippen molar-refractivity contribution in [3.8, 4) is 0 Å². The van der Waals surface area contributed by atoms with E-state index in [4.69, 9.17) is 22.4 Å². The predicted octanol–water partition coefficient (Wildman–Crippen LogP) is 1.57. The van der Waals surface area contributed by atoms with Crippen LogP contribution in [0.25, 0.3) is 11.0 Å². The second kappa shape index (κ2) is 5.49. The predicted molar refractivity (Wildman–Crippen MR) is 69.2 cm³/mol. The van der Waals surface area contributed by atoms with Gasteiger partial charge in [0.2, 0.25) is 0 Å². The number of aryl methyl sites for hydroxylation is 1. The topological polar surface area (TPSA) is 64.1 Å². The third kappa shape index (κ3) is 2.60. The fourth-order valence-corrected chi connectivity index (χ4v) is 2.12. The molecular weight excluding hydrogens is 238 g/mol. The maximum atomic E-state index is 8.92. The molecule has 0 amide bonds. The zero-order valence-corrected chi connectivity index (χ0v) is 10.3. The Morgan fingerprint density at radius 3 is 2.94 bits per heavy atom. The van der Waals surface area contributed by atoms with Crippen molar-refractivity contribution < 1.29 is 5.11 Å². The fourth-order valence-electron chi connectivity index (χ4n) is 1.95. The van der Waals surface area contributed by atoms with E-state index >= 15 is 0 Å². The maximum absolute atomic E-state index is 8.92. The summed E-state index contributed by atoms with van der Waals surface area (Å²) in [7, 11) is 0. The number of hydrogen-bond acceptors (Lipinski definition) is 3. The van der Waals surface area contributed by atoms with Crippen molar-refractivity contribution in [3.05, 3.63) is 29.0 Å². The Bertz CT molecular complexity index is 510. The summed E-state index contributed by atoms with van der Waals surface area (Å²) in [6, 6.07) is 5.67. The number of benzene rings is 1. The standard InChI is InChI=1S/C12H16ClN3O/c13-9-2-3-11-10(8-9)15-12(4-5-14)16(11)6-1-7-17/h2-3,8,17H,1,4-7,14H2. The largest absolute Gasteiger partial charge is 0.396 e. The molecular formula is C12H16ClN3O. The molecule has 1 heterocycles. The van der Waals surface area contributed by atoms with E-state index in [1.54, 1.807) is 0 Å². The van der Waals surface area contributed by atoms with E-state index in [2.05, 4.69) is 9.55 Å². The average Bonchev–Trinajstić information content (AvgIpc) is 2.63. The molecule has 92 valence electrons. The number of halogens is 1. The molecule has 0 fully saturated rings. The van der Waals surface area contributed by atoms with Crippen molar-refractivity contribution in [2.75, 3.05) is 13.2 Å². The first-order valence-electron chi connectivity index (χ1n) is 5.72. The lowest BCUT2D eigenvalue weighted by Crippen LogP contribution is -2.10. The number of aliphatic hydroxyl groups excluding tert-OH is 1. The molecule has 0 aliphatic carbocycles. The van der Waals surface area contributed by atoms with Gasteiger partial charge in [-0.25, -0.2) is 4.98 Å². The normalized spacial score (nSPS) is 11.2. The smallest absolute Gasteiger partial charge is 0.111 e. The van der Waals surface area contributed by atoms with E-state index < -0.39 is 0 Å². The van der Waals surface area contributed by atoms with Crippen molar-refractivity contribution in [2.45, 2.75) is 19.4 Å². The van der Waals surface area contributed by atoms with Crippen LogP contribution < -0.4 is 5.73 Å². The summed E-state index contributed by atoms with van der Waals surface area (Å²) in [6.45, 7) is 1.50. The number of aromatic nitrogens is 2. The molecule has 3 N–H and O–H groups in total. The highest BCUT2D eigenvalue weighted by Gasteiger charge is 2.09. The van der Waals surface area contributed by atoms with Gasteiger partial charge in [-0.05, 0) is 31.2 Å². The van der Waals surface area contributed by atoms with Gasteiger partial charge in [-0.1, -0.05) is 11.6 Å². The molecule has 0 bridgehead atoms. The molecule has 0 unspecified atom stereocenters. The number of hydrogen-bond donors (Lipinski definition) is 2. The molecule has 1 aromatic heterocycles. The van der Waals surface area contributed by atoms with Gasteiger partial charge in [0.1, 0.15) is 5.82 Å². The summed E-state index contributed by atoms with van der Waals surface area (Å²) >= 11 is 5.95. The van der Waals surface area contributed by atoms with E-state index in [9.17, 15) is 0 Å². The third-order valence-electron chi connectivity index (χ3n) is 2.70. The number of rotatable bonds is 5. The highest BCUT2D eigenvalue weighted by Crippen LogP contribution is 2.21. The van der Waals surface area contributed by atoms with Crippen molar-refractivity contribution in [3.63, 3.8) is 0 Å². The Morgan fingerprint density at radius 2 is 2.24 bits per heavy atom. The van der Waals surface area contributed by atoms with Crippen LogP contribution in [0.5, 0.6) is 0 Å². The van der Waals surface area contributed by atoms with Crippen LogP contribution in [0.4, 0.5) is 0 Å². The van der Waals surface area contributed by atoms with E-state index in [0.717, 1.165) is 29.8 Å². The Kier molecular flexibility index (Phi) is 3.99. The van der Waals surface area contributed by atoms with Crippen molar-refractivity contribution >= 4 is 22.6 Å². The lowest BCUT2D eigenvalue weighted by atomic mass is 10.3. The van der Waals surface area contributed by atoms with E-state index in [1.807, 2.05) is 18.2 Å². The quantitative estimate of drug-likeness (QED) is 0.850. The lowest BCUT2D eigenvalue weighted by molar-refractivity contribution is 0.280. The Hall–Kier alpha value is -1.10. The van der Waals surface area contributed by atoms with Gasteiger partial charge in [-0.3, -0.25) is 0 Å². The molecule has 2 rings (SSSR count). The number of imidazole rings is 1. The SMILES string of the molecule is NCCc1nc2cc(Cl)ccc2n1CCCO. The highest BCUT2D eigenvalue weighted by molar-refractivity contribution is 6.31. The van der Waals surface area contributed by atoms with Gasteiger partial charge in [-0.2, -0.15) is 0 Å². The minimum absolute atomic E-state index is 0.176. The van der Waals surface area contributed by atoms with Crippen molar-refractivity contribution in [1.82, 2.24) is 9.55 Å².